The molecule has 0 unspecified atom stereocenters. The van der Waals surface area contributed by atoms with Crippen molar-refractivity contribution < 1.29 is 4.79 Å². The molecule has 1 aromatic carbocycles. The quantitative estimate of drug-likeness (QED) is 0.670. The first-order valence-corrected chi connectivity index (χ1v) is 9.12. The van der Waals surface area contributed by atoms with E-state index in [1.165, 1.54) is 23.4 Å². The van der Waals surface area contributed by atoms with Crippen LogP contribution in [0.15, 0.2) is 40.3 Å². The lowest BCUT2D eigenvalue weighted by Gasteiger charge is -2.21. The van der Waals surface area contributed by atoms with Crippen LogP contribution in [0, 0.1) is 0 Å². The molecule has 3 rings (SSSR count). The Morgan fingerprint density at radius 1 is 1.42 bits per heavy atom. The predicted molar refractivity (Wildman–Crippen MR) is 96.7 cm³/mol. The number of carbonyl (C=O) groups is 1. The number of para-hydroxylation sites is 1. The molecule has 0 bridgehead atoms. The Labute approximate surface area is 145 Å². The lowest BCUT2D eigenvalue weighted by Crippen LogP contribution is -2.35. The standard InChI is InChI=1S/C18H21N3O2S/c1-3-6-14-11-16(22)20-18(19-14)24-12(2)17(23)21-10-9-13-7-4-5-8-15(13)21/h4-5,7-8,11-12H,3,6,9-10H2,1-2H3,(H,19,20,22)/t12-/m0/s1. The molecule has 1 atom stereocenters. The Kier molecular flexibility index (Phi) is 5.04. The monoisotopic (exact) mass is 343 g/mol. The van der Waals surface area contributed by atoms with Crippen LogP contribution in [0.4, 0.5) is 5.69 Å². The minimum Gasteiger partial charge on any atom is -0.311 e. The van der Waals surface area contributed by atoms with E-state index in [2.05, 4.69) is 16.0 Å². The Morgan fingerprint density at radius 3 is 3.00 bits per heavy atom. The number of amides is 1. The van der Waals surface area contributed by atoms with E-state index in [-0.39, 0.29) is 16.7 Å². The molecule has 126 valence electrons. The van der Waals surface area contributed by atoms with Crippen molar-refractivity contribution >= 4 is 23.4 Å². The van der Waals surface area contributed by atoms with Crippen molar-refractivity contribution in [2.75, 3.05) is 11.4 Å². The SMILES string of the molecule is CCCc1cc(=O)[nH]c(S[C@@H](C)C(=O)N2CCc3ccccc32)n1. The molecule has 6 heteroatoms. The number of nitrogens with one attached hydrogen (secondary N) is 1. The summed E-state index contributed by atoms with van der Waals surface area (Å²) < 4.78 is 0. The molecule has 1 amide bonds. The third kappa shape index (κ3) is 3.53. The third-order valence-electron chi connectivity index (χ3n) is 4.07. The molecule has 1 N–H and O–H groups in total. The second kappa shape index (κ2) is 7.21. The summed E-state index contributed by atoms with van der Waals surface area (Å²) in [6.07, 6.45) is 2.58. The Balaban J connectivity index is 1.75. The molecule has 24 heavy (non-hydrogen) atoms. The number of rotatable bonds is 5. The van der Waals surface area contributed by atoms with Crippen molar-refractivity contribution in [1.29, 1.82) is 0 Å². The first-order chi connectivity index (χ1) is 11.6. The van der Waals surface area contributed by atoms with Gasteiger partial charge >= 0.3 is 0 Å². The van der Waals surface area contributed by atoms with E-state index >= 15 is 0 Å². The largest absolute Gasteiger partial charge is 0.311 e. The molecule has 1 aliphatic rings. The van der Waals surface area contributed by atoms with Crippen molar-refractivity contribution in [1.82, 2.24) is 9.97 Å². The van der Waals surface area contributed by atoms with Gasteiger partial charge in [0.1, 0.15) is 0 Å². The lowest BCUT2D eigenvalue weighted by atomic mass is 10.2. The fourth-order valence-corrected chi connectivity index (χ4v) is 3.82. The van der Waals surface area contributed by atoms with Crippen LogP contribution in [-0.4, -0.2) is 27.7 Å². The number of anilines is 1. The van der Waals surface area contributed by atoms with E-state index in [1.807, 2.05) is 36.9 Å². The van der Waals surface area contributed by atoms with Gasteiger partial charge in [-0.25, -0.2) is 4.98 Å². The topological polar surface area (TPSA) is 66.1 Å². The highest BCUT2D eigenvalue weighted by Crippen LogP contribution is 2.30. The van der Waals surface area contributed by atoms with E-state index in [0.717, 1.165) is 30.6 Å². The Morgan fingerprint density at radius 2 is 2.21 bits per heavy atom. The highest BCUT2D eigenvalue weighted by Gasteiger charge is 2.28. The molecule has 0 saturated heterocycles. The summed E-state index contributed by atoms with van der Waals surface area (Å²) in [7, 11) is 0. The summed E-state index contributed by atoms with van der Waals surface area (Å²) in [5.41, 5.74) is 2.81. The molecule has 2 heterocycles. The number of aryl methyl sites for hydroxylation is 1. The van der Waals surface area contributed by atoms with Crippen LogP contribution in [0.5, 0.6) is 0 Å². The van der Waals surface area contributed by atoms with Gasteiger partial charge < -0.3 is 9.88 Å². The van der Waals surface area contributed by atoms with E-state index in [0.29, 0.717) is 11.7 Å². The van der Waals surface area contributed by atoms with Crippen molar-refractivity contribution in [2.24, 2.45) is 0 Å². The summed E-state index contributed by atoms with van der Waals surface area (Å²) in [5.74, 6) is 0.0495. The molecule has 2 aromatic rings. The molecule has 1 aromatic heterocycles. The Hall–Kier alpha value is -2.08. The number of aromatic nitrogens is 2. The maximum atomic E-state index is 12.8. The van der Waals surface area contributed by atoms with Crippen molar-refractivity contribution in [3.63, 3.8) is 0 Å². The van der Waals surface area contributed by atoms with Crippen LogP contribution in [0.2, 0.25) is 0 Å². The van der Waals surface area contributed by atoms with Crippen LogP contribution < -0.4 is 10.5 Å². The van der Waals surface area contributed by atoms with Gasteiger partial charge in [0.25, 0.3) is 5.56 Å². The summed E-state index contributed by atoms with van der Waals surface area (Å²) in [6, 6.07) is 9.53. The summed E-state index contributed by atoms with van der Waals surface area (Å²) in [6.45, 7) is 4.62. The first kappa shape index (κ1) is 16.8. The molecular weight excluding hydrogens is 322 g/mol. The van der Waals surface area contributed by atoms with Crippen molar-refractivity contribution in [3.05, 3.63) is 51.9 Å². The molecule has 0 spiro atoms. The van der Waals surface area contributed by atoms with Crippen molar-refractivity contribution in [2.45, 2.75) is 43.5 Å². The van der Waals surface area contributed by atoms with E-state index < -0.39 is 0 Å². The zero-order chi connectivity index (χ0) is 17.1. The van der Waals surface area contributed by atoms with Crippen LogP contribution in [0.3, 0.4) is 0 Å². The fourth-order valence-electron chi connectivity index (χ4n) is 2.93. The van der Waals surface area contributed by atoms with Gasteiger partial charge in [0.2, 0.25) is 5.91 Å². The number of fused-ring (bicyclic) bond motifs is 1. The molecule has 1 aliphatic heterocycles. The second-order valence-corrected chi connectivity index (χ2v) is 7.25. The maximum Gasteiger partial charge on any atom is 0.251 e. The summed E-state index contributed by atoms with van der Waals surface area (Å²) in [5, 5.41) is 0.204. The fraction of sp³-hybridized carbons (Fsp3) is 0.389. The smallest absolute Gasteiger partial charge is 0.251 e. The minimum absolute atomic E-state index is 0.0495. The Bertz CT molecular complexity index is 803. The average molecular weight is 343 g/mol. The van der Waals surface area contributed by atoms with Crippen LogP contribution in [0.25, 0.3) is 0 Å². The molecule has 0 aliphatic carbocycles. The first-order valence-electron chi connectivity index (χ1n) is 8.24. The van der Waals surface area contributed by atoms with E-state index in [4.69, 9.17) is 0 Å². The number of nitrogens with zero attached hydrogens (tertiary/aromatic N) is 2. The number of aromatic amines is 1. The predicted octanol–water partition coefficient (Wildman–Crippen LogP) is 2.79. The number of hydrogen-bond donors (Lipinski definition) is 1. The van der Waals surface area contributed by atoms with Gasteiger partial charge in [-0.3, -0.25) is 9.59 Å². The molecular formula is C18H21N3O2S. The van der Waals surface area contributed by atoms with Gasteiger partial charge in [0.15, 0.2) is 5.16 Å². The average Bonchev–Trinajstić information content (AvgIpc) is 2.98. The van der Waals surface area contributed by atoms with Gasteiger partial charge in [0, 0.05) is 24.0 Å². The molecule has 0 radical (unpaired) electrons. The zero-order valence-electron chi connectivity index (χ0n) is 13.9. The maximum absolute atomic E-state index is 12.8. The highest BCUT2D eigenvalue weighted by molar-refractivity contribution is 8.00. The zero-order valence-corrected chi connectivity index (χ0v) is 14.7. The minimum atomic E-state index is -0.309. The van der Waals surface area contributed by atoms with E-state index in [9.17, 15) is 9.59 Å². The summed E-state index contributed by atoms with van der Waals surface area (Å²) >= 11 is 1.31. The third-order valence-corrected chi connectivity index (χ3v) is 5.04. The number of benzene rings is 1. The van der Waals surface area contributed by atoms with E-state index in [1.54, 1.807) is 0 Å². The van der Waals surface area contributed by atoms with Gasteiger partial charge in [-0.05, 0) is 31.4 Å². The number of thioether (sulfide) groups is 1. The van der Waals surface area contributed by atoms with Gasteiger partial charge in [-0.1, -0.05) is 43.3 Å². The second-order valence-electron chi connectivity index (χ2n) is 5.92. The number of carbonyl (C=O) groups excluding carboxylic acids is 1. The number of hydrogen-bond acceptors (Lipinski definition) is 4. The van der Waals surface area contributed by atoms with Crippen LogP contribution in [0.1, 0.15) is 31.5 Å². The lowest BCUT2D eigenvalue weighted by molar-refractivity contribution is -0.117. The van der Waals surface area contributed by atoms with Gasteiger partial charge in [-0.15, -0.1) is 0 Å². The normalized spacial score (nSPS) is 14.5. The number of H-pyrrole nitrogens is 1. The van der Waals surface area contributed by atoms with Gasteiger partial charge in [0.05, 0.1) is 5.25 Å². The molecule has 0 fully saturated rings. The van der Waals surface area contributed by atoms with Crippen LogP contribution >= 0.6 is 11.8 Å². The molecule has 0 saturated carbocycles. The molecule has 5 nitrogen and oxygen atoms in total. The highest BCUT2D eigenvalue weighted by atomic mass is 32.2. The van der Waals surface area contributed by atoms with Gasteiger partial charge in [-0.2, -0.15) is 0 Å². The van der Waals surface area contributed by atoms with Crippen LogP contribution in [-0.2, 0) is 17.6 Å². The van der Waals surface area contributed by atoms with Crippen molar-refractivity contribution in [3.8, 4) is 0 Å². The summed E-state index contributed by atoms with van der Waals surface area (Å²) in [4.78, 5) is 33.6.